The van der Waals surface area contributed by atoms with Crippen LogP contribution in [0.15, 0.2) is 18.2 Å². The van der Waals surface area contributed by atoms with Crippen LogP contribution in [-0.4, -0.2) is 55.3 Å². The number of hydrogen-bond acceptors (Lipinski definition) is 3. The fourth-order valence-corrected chi connectivity index (χ4v) is 2.53. The van der Waals surface area contributed by atoms with Gasteiger partial charge in [0.05, 0.1) is 6.42 Å². The molecule has 0 fully saturated rings. The second kappa shape index (κ2) is 6.72. The minimum absolute atomic E-state index is 0.00655. The van der Waals surface area contributed by atoms with Crippen LogP contribution in [0.1, 0.15) is 29.3 Å². The van der Waals surface area contributed by atoms with E-state index in [1.165, 1.54) is 0 Å². The molecule has 0 bridgehead atoms. The second-order valence-electron chi connectivity index (χ2n) is 5.64. The summed E-state index contributed by atoms with van der Waals surface area (Å²) in [5.74, 6) is 0.0336. The van der Waals surface area contributed by atoms with E-state index in [0.717, 1.165) is 30.8 Å². The molecule has 0 aromatic heterocycles. The Morgan fingerprint density at radius 3 is 2.71 bits per heavy atom. The summed E-state index contributed by atoms with van der Waals surface area (Å²) in [6.07, 6.45) is 1.32. The molecule has 0 saturated carbocycles. The van der Waals surface area contributed by atoms with Gasteiger partial charge in [0.2, 0.25) is 5.91 Å². The van der Waals surface area contributed by atoms with Gasteiger partial charge in [-0.05, 0) is 57.7 Å². The Bertz CT molecular complexity index is 540. The fraction of sp³-hybridized carbons (Fsp3) is 0.500. The summed E-state index contributed by atoms with van der Waals surface area (Å²) in [5, 5.41) is 2.78. The molecule has 114 valence electrons. The number of hydrogen-bond donors (Lipinski definition) is 1. The minimum atomic E-state index is -0.00655. The zero-order valence-electron chi connectivity index (χ0n) is 13.0. The zero-order chi connectivity index (χ0) is 15.4. The summed E-state index contributed by atoms with van der Waals surface area (Å²) in [5.41, 5.74) is 2.40. The van der Waals surface area contributed by atoms with E-state index in [-0.39, 0.29) is 11.8 Å². The molecule has 0 atom stereocenters. The number of anilines is 1. The topological polar surface area (TPSA) is 52.7 Å². The van der Waals surface area contributed by atoms with E-state index in [1.807, 2.05) is 38.1 Å². The van der Waals surface area contributed by atoms with Gasteiger partial charge in [0.15, 0.2) is 0 Å². The van der Waals surface area contributed by atoms with Crippen molar-refractivity contribution in [1.82, 2.24) is 9.80 Å². The first-order valence-electron chi connectivity index (χ1n) is 7.38. The monoisotopic (exact) mass is 289 g/mol. The van der Waals surface area contributed by atoms with Crippen molar-refractivity contribution < 1.29 is 9.59 Å². The number of benzene rings is 1. The number of amides is 2. The molecule has 21 heavy (non-hydrogen) atoms. The first-order valence-corrected chi connectivity index (χ1v) is 7.38. The summed E-state index contributed by atoms with van der Waals surface area (Å²) in [6.45, 7) is 4.40. The van der Waals surface area contributed by atoms with E-state index >= 15 is 0 Å². The smallest absolute Gasteiger partial charge is 0.253 e. The van der Waals surface area contributed by atoms with Crippen LogP contribution < -0.4 is 5.32 Å². The van der Waals surface area contributed by atoms with Gasteiger partial charge in [-0.25, -0.2) is 0 Å². The molecular weight excluding hydrogens is 266 g/mol. The van der Waals surface area contributed by atoms with Crippen LogP contribution in [0.5, 0.6) is 0 Å². The third kappa shape index (κ3) is 3.82. The number of fused-ring (bicyclic) bond motifs is 1. The molecule has 0 unspecified atom stereocenters. The maximum absolute atomic E-state index is 12.5. The predicted molar refractivity (Wildman–Crippen MR) is 83.5 cm³/mol. The van der Waals surface area contributed by atoms with Crippen molar-refractivity contribution >= 4 is 17.5 Å². The average Bonchev–Trinajstić information content (AvgIpc) is 2.81. The van der Waals surface area contributed by atoms with Crippen molar-refractivity contribution in [2.24, 2.45) is 0 Å². The van der Waals surface area contributed by atoms with Crippen molar-refractivity contribution in [3.63, 3.8) is 0 Å². The summed E-state index contributed by atoms with van der Waals surface area (Å²) in [6, 6.07) is 5.45. The van der Waals surface area contributed by atoms with Gasteiger partial charge in [0, 0.05) is 24.3 Å². The normalized spacial score (nSPS) is 13.2. The highest BCUT2D eigenvalue weighted by atomic mass is 16.2. The van der Waals surface area contributed by atoms with Crippen molar-refractivity contribution in [3.05, 3.63) is 29.3 Å². The molecule has 2 rings (SSSR count). The van der Waals surface area contributed by atoms with E-state index in [1.54, 1.807) is 6.07 Å². The Balaban J connectivity index is 2.04. The number of nitrogens with zero attached hydrogens (tertiary/aromatic N) is 2. The number of carbonyl (C=O) groups is 2. The predicted octanol–water partition coefficient (Wildman–Crippen LogP) is 1.59. The largest absolute Gasteiger partial charge is 0.339 e. The third-order valence-corrected chi connectivity index (χ3v) is 3.68. The molecule has 5 heteroatoms. The lowest BCUT2D eigenvalue weighted by Gasteiger charge is -2.22. The van der Waals surface area contributed by atoms with E-state index in [4.69, 9.17) is 0 Å². The highest BCUT2D eigenvalue weighted by Crippen LogP contribution is 2.24. The van der Waals surface area contributed by atoms with Crippen LogP contribution in [0.25, 0.3) is 0 Å². The number of nitrogens with one attached hydrogen (secondary N) is 1. The summed E-state index contributed by atoms with van der Waals surface area (Å²) >= 11 is 0. The molecule has 2 amide bonds. The van der Waals surface area contributed by atoms with Crippen molar-refractivity contribution in [2.75, 3.05) is 39.0 Å². The molecule has 0 spiro atoms. The fourth-order valence-electron chi connectivity index (χ4n) is 2.53. The van der Waals surface area contributed by atoms with Gasteiger partial charge in [-0.15, -0.1) is 0 Å². The third-order valence-electron chi connectivity index (χ3n) is 3.68. The molecule has 1 N–H and O–H groups in total. The van der Waals surface area contributed by atoms with Gasteiger partial charge in [0.1, 0.15) is 0 Å². The lowest BCUT2D eigenvalue weighted by Crippen LogP contribution is -2.33. The Morgan fingerprint density at radius 1 is 1.29 bits per heavy atom. The zero-order valence-corrected chi connectivity index (χ0v) is 13.0. The number of carbonyl (C=O) groups excluding carboxylic acids is 2. The molecule has 1 heterocycles. The Kier molecular flexibility index (Phi) is 4.96. The van der Waals surface area contributed by atoms with E-state index in [9.17, 15) is 9.59 Å². The van der Waals surface area contributed by atoms with Crippen LogP contribution in [0, 0.1) is 0 Å². The van der Waals surface area contributed by atoms with Crippen LogP contribution in [0.3, 0.4) is 0 Å². The van der Waals surface area contributed by atoms with E-state index < -0.39 is 0 Å². The maximum Gasteiger partial charge on any atom is 0.253 e. The highest BCUT2D eigenvalue weighted by Gasteiger charge is 2.21. The van der Waals surface area contributed by atoms with Gasteiger partial charge in [0.25, 0.3) is 5.91 Å². The summed E-state index contributed by atoms with van der Waals surface area (Å²) in [7, 11) is 4.06. The standard InChI is InChI=1S/C16H23N3O2/c1-4-19(9-5-8-18(2)3)16(21)12-6-7-14-13(10-12)11-15(20)17-14/h6-7,10H,4-5,8-9,11H2,1-3H3,(H,17,20). The van der Waals surface area contributed by atoms with Gasteiger partial charge >= 0.3 is 0 Å². The quantitative estimate of drug-likeness (QED) is 0.865. The number of rotatable bonds is 6. The van der Waals surface area contributed by atoms with Crippen molar-refractivity contribution in [1.29, 1.82) is 0 Å². The van der Waals surface area contributed by atoms with E-state index in [0.29, 0.717) is 18.5 Å². The first-order chi connectivity index (χ1) is 10.0. The molecule has 5 nitrogen and oxygen atoms in total. The molecule has 0 saturated heterocycles. The SMILES string of the molecule is CCN(CCCN(C)C)C(=O)c1ccc2c(c1)CC(=O)N2. The van der Waals surface area contributed by atoms with Gasteiger partial charge < -0.3 is 15.1 Å². The lowest BCUT2D eigenvalue weighted by atomic mass is 10.1. The molecular formula is C16H23N3O2. The van der Waals surface area contributed by atoms with Crippen LogP contribution in [-0.2, 0) is 11.2 Å². The average molecular weight is 289 g/mol. The molecule has 1 aliphatic heterocycles. The van der Waals surface area contributed by atoms with Gasteiger partial charge in [-0.3, -0.25) is 9.59 Å². The lowest BCUT2D eigenvalue weighted by molar-refractivity contribution is -0.115. The molecule has 1 aromatic rings. The highest BCUT2D eigenvalue weighted by molar-refractivity contribution is 6.01. The van der Waals surface area contributed by atoms with Crippen molar-refractivity contribution in [3.8, 4) is 0 Å². The Morgan fingerprint density at radius 2 is 2.05 bits per heavy atom. The molecule has 0 aliphatic carbocycles. The van der Waals surface area contributed by atoms with Crippen LogP contribution >= 0.6 is 0 Å². The Hall–Kier alpha value is -1.88. The summed E-state index contributed by atoms with van der Waals surface area (Å²) in [4.78, 5) is 27.9. The minimum Gasteiger partial charge on any atom is -0.339 e. The maximum atomic E-state index is 12.5. The second-order valence-corrected chi connectivity index (χ2v) is 5.64. The van der Waals surface area contributed by atoms with Gasteiger partial charge in [-0.2, -0.15) is 0 Å². The first kappa shape index (κ1) is 15.5. The summed E-state index contributed by atoms with van der Waals surface area (Å²) < 4.78 is 0. The van der Waals surface area contributed by atoms with Crippen LogP contribution in [0.4, 0.5) is 5.69 Å². The molecule has 0 radical (unpaired) electrons. The Labute approximate surface area is 125 Å². The van der Waals surface area contributed by atoms with Crippen molar-refractivity contribution in [2.45, 2.75) is 19.8 Å². The molecule has 1 aliphatic rings. The van der Waals surface area contributed by atoms with Crippen LogP contribution in [0.2, 0.25) is 0 Å². The molecule has 1 aromatic carbocycles. The van der Waals surface area contributed by atoms with Gasteiger partial charge in [-0.1, -0.05) is 0 Å². The van der Waals surface area contributed by atoms with E-state index in [2.05, 4.69) is 10.2 Å².